The van der Waals surface area contributed by atoms with E-state index >= 15 is 0 Å². The zero-order valence-electron chi connectivity index (χ0n) is 16.6. The quantitative estimate of drug-likeness (QED) is 0.490. The first kappa shape index (κ1) is 20.7. The number of nitrogens with zero attached hydrogens (tertiary/aromatic N) is 3. The van der Waals surface area contributed by atoms with Gasteiger partial charge in [0.2, 0.25) is 0 Å². The van der Waals surface area contributed by atoms with Crippen LogP contribution in [0.3, 0.4) is 0 Å². The Kier molecular flexibility index (Phi) is 6.10. The van der Waals surface area contributed by atoms with Crippen molar-refractivity contribution in [1.82, 2.24) is 20.4 Å². The highest BCUT2D eigenvalue weighted by atomic mass is 19.4. The van der Waals surface area contributed by atoms with Crippen LogP contribution in [0.15, 0.2) is 53.7 Å². The van der Waals surface area contributed by atoms with Crippen LogP contribution in [0.2, 0.25) is 0 Å². The minimum atomic E-state index is -4.50. The van der Waals surface area contributed by atoms with Gasteiger partial charge in [-0.05, 0) is 36.2 Å². The summed E-state index contributed by atoms with van der Waals surface area (Å²) in [6.07, 6.45) is -3.15. The van der Waals surface area contributed by atoms with Gasteiger partial charge in [-0.25, -0.2) is 4.99 Å². The maximum absolute atomic E-state index is 13.1. The van der Waals surface area contributed by atoms with E-state index in [0.717, 1.165) is 21.0 Å². The standard InChI is InChI=1S/C21H24F3N5/c1-4-25-20(26-12-18-13-29(3)28-19(18)21(22,23)24)27-14(2)16-10-9-15-7-5-6-8-17(15)11-16/h5-11,13-14H,4,12H2,1-3H3,(H2,25,26,27). The van der Waals surface area contributed by atoms with Crippen molar-refractivity contribution < 1.29 is 13.2 Å². The van der Waals surface area contributed by atoms with Gasteiger partial charge in [-0.3, -0.25) is 4.68 Å². The fraction of sp³-hybridized carbons (Fsp3) is 0.333. The molecule has 0 amide bonds. The predicted octanol–water partition coefficient (Wildman–Crippen LogP) is 4.41. The number of benzene rings is 2. The molecule has 0 aliphatic heterocycles. The zero-order chi connectivity index (χ0) is 21.0. The molecule has 2 aromatic carbocycles. The molecule has 3 rings (SSSR count). The number of alkyl halides is 3. The number of rotatable bonds is 5. The lowest BCUT2D eigenvalue weighted by Gasteiger charge is -2.18. The summed E-state index contributed by atoms with van der Waals surface area (Å²) in [5, 5.41) is 12.2. The molecule has 2 N–H and O–H groups in total. The molecule has 8 heteroatoms. The normalized spacial score (nSPS) is 13.5. The van der Waals surface area contributed by atoms with Crippen LogP contribution in [0.5, 0.6) is 0 Å². The Morgan fingerprint density at radius 1 is 1.17 bits per heavy atom. The number of aryl methyl sites for hydroxylation is 1. The molecule has 5 nitrogen and oxygen atoms in total. The first-order valence-electron chi connectivity index (χ1n) is 9.41. The van der Waals surface area contributed by atoms with Gasteiger partial charge in [0, 0.05) is 25.4 Å². The Morgan fingerprint density at radius 2 is 1.90 bits per heavy atom. The van der Waals surface area contributed by atoms with E-state index in [1.807, 2.05) is 38.1 Å². The SMILES string of the molecule is CCNC(=NCc1cn(C)nc1C(F)(F)F)NC(C)c1ccc2ccccc2c1. The minimum absolute atomic E-state index is 0.0376. The van der Waals surface area contributed by atoms with E-state index in [2.05, 4.69) is 38.9 Å². The molecule has 0 bridgehead atoms. The maximum atomic E-state index is 13.1. The highest BCUT2D eigenvalue weighted by molar-refractivity contribution is 5.84. The Hall–Kier alpha value is -3.03. The van der Waals surface area contributed by atoms with Gasteiger partial charge < -0.3 is 10.6 Å². The van der Waals surface area contributed by atoms with Crippen LogP contribution in [0.1, 0.15) is 36.7 Å². The average molecular weight is 403 g/mol. The lowest BCUT2D eigenvalue weighted by Crippen LogP contribution is -2.38. The lowest BCUT2D eigenvalue weighted by atomic mass is 10.0. The van der Waals surface area contributed by atoms with Crippen LogP contribution in [-0.2, 0) is 19.8 Å². The van der Waals surface area contributed by atoms with Crippen molar-refractivity contribution in [2.45, 2.75) is 32.6 Å². The summed E-state index contributed by atoms with van der Waals surface area (Å²) in [6, 6.07) is 14.2. The number of hydrogen-bond donors (Lipinski definition) is 2. The summed E-state index contributed by atoms with van der Waals surface area (Å²) >= 11 is 0. The number of halogens is 3. The van der Waals surface area contributed by atoms with Crippen LogP contribution in [0.25, 0.3) is 10.8 Å². The van der Waals surface area contributed by atoms with Gasteiger partial charge in [0.1, 0.15) is 0 Å². The summed E-state index contributed by atoms with van der Waals surface area (Å²) in [7, 11) is 1.47. The summed E-state index contributed by atoms with van der Waals surface area (Å²) in [6.45, 7) is 4.36. The smallest absolute Gasteiger partial charge is 0.357 e. The van der Waals surface area contributed by atoms with Crippen LogP contribution >= 0.6 is 0 Å². The molecule has 0 saturated carbocycles. The summed E-state index contributed by atoms with van der Waals surface area (Å²) in [4.78, 5) is 4.34. The highest BCUT2D eigenvalue weighted by Gasteiger charge is 2.36. The van der Waals surface area contributed by atoms with Crippen LogP contribution in [0.4, 0.5) is 13.2 Å². The molecule has 0 radical (unpaired) electrons. The number of aromatic nitrogens is 2. The molecular formula is C21H24F3N5. The topological polar surface area (TPSA) is 54.2 Å². The third kappa shape index (κ3) is 5.07. The number of hydrogen-bond acceptors (Lipinski definition) is 2. The monoisotopic (exact) mass is 403 g/mol. The van der Waals surface area contributed by atoms with Crippen molar-refractivity contribution in [1.29, 1.82) is 0 Å². The molecule has 0 fully saturated rings. The van der Waals surface area contributed by atoms with E-state index < -0.39 is 11.9 Å². The van der Waals surface area contributed by atoms with Gasteiger partial charge >= 0.3 is 6.18 Å². The first-order valence-corrected chi connectivity index (χ1v) is 9.41. The van der Waals surface area contributed by atoms with E-state index in [1.165, 1.54) is 13.2 Å². The summed E-state index contributed by atoms with van der Waals surface area (Å²) in [5.74, 6) is 0.449. The van der Waals surface area contributed by atoms with Gasteiger partial charge in [0.05, 0.1) is 12.6 Å². The molecular weight excluding hydrogens is 379 g/mol. The number of aliphatic imine (C=N–C) groups is 1. The van der Waals surface area contributed by atoms with Gasteiger partial charge in [0.15, 0.2) is 11.7 Å². The Bertz CT molecular complexity index is 1010. The number of fused-ring (bicyclic) bond motifs is 1. The van der Waals surface area contributed by atoms with Crippen LogP contribution in [-0.4, -0.2) is 22.3 Å². The second-order valence-corrected chi connectivity index (χ2v) is 6.84. The lowest BCUT2D eigenvalue weighted by molar-refractivity contribution is -0.142. The Labute approximate surface area is 167 Å². The molecule has 1 atom stereocenters. The second kappa shape index (κ2) is 8.55. The van der Waals surface area contributed by atoms with Crippen molar-refractivity contribution in [3.05, 3.63) is 65.5 Å². The van der Waals surface area contributed by atoms with E-state index in [0.29, 0.717) is 12.5 Å². The maximum Gasteiger partial charge on any atom is 0.435 e. The molecule has 0 aliphatic rings. The largest absolute Gasteiger partial charge is 0.435 e. The van der Waals surface area contributed by atoms with Crippen molar-refractivity contribution >= 4 is 16.7 Å². The van der Waals surface area contributed by atoms with E-state index in [1.54, 1.807) is 0 Å². The van der Waals surface area contributed by atoms with E-state index in [-0.39, 0.29) is 18.2 Å². The molecule has 3 aromatic rings. The zero-order valence-corrected chi connectivity index (χ0v) is 16.6. The average Bonchev–Trinajstić information content (AvgIpc) is 3.07. The van der Waals surface area contributed by atoms with Crippen molar-refractivity contribution in [3.63, 3.8) is 0 Å². The summed E-state index contributed by atoms with van der Waals surface area (Å²) in [5.41, 5.74) is 0.199. The van der Waals surface area contributed by atoms with Crippen LogP contribution in [0, 0.1) is 0 Å². The molecule has 0 aliphatic carbocycles. The fourth-order valence-corrected chi connectivity index (χ4v) is 3.14. The number of guanidine groups is 1. The van der Waals surface area contributed by atoms with Crippen molar-refractivity contribution in [2.75, 3.05) is 6.54 Å². The Morgan fingerprint density at radius 3 is 2.59 bits per heavy atom. The van der Waals surface area contributed by atoms with Gasteiger partial charge in [-0.1, -0.05) is 36.4 Å². The second-order valence-electron chi connectivity index (χ2n) is 6.84. The predicted molar refractivity (Wildman–Crippen MR) is 109 cm³/mol. The van der Waals surface area contributed by atoms with Gasteiger partial charge in [0.25, 0.3) is 0 Å². The third-order valence-electron chi connectivity index (χ3n) is 4.55. The molecule has 0 saturated heterocycles. The number of nitrogens with one attached hydrogen (secondary N) is 2. The van der Waals surface area contributed by atoms with Crippen molar-refractivity contribution in [3.8, 4) is 0 Å². The minimum Gasteiger partial charge on any atom is -0.357 e. The molecule has 1 unspecified atom stereocenters. The van der Waals surface area contributed by atoms with E-state index in [9.17, 15) is 13.2 Å². The molecule has 154 valence electrons. The fourth-order valence-electron chi connectivity index (χ4n) is 3.14. The van der Waals surface area contributed by atoms with E-state index in [4.69, 9.17) is 0 Å². The van der Waals surface area contributed by atoms with Gasteiger partial charge in [-0.15, -0.1) is 0 Å². The summed E-state index contributed by atoms with van der Waals surface area (Å²) < 4.78 is 40.6. The molecule has 0 spiro atoms. The van der Waals surface area contributed by atoms with Gasteiger partial charge in [-0.2, -0.15) is 18.3 Å². The van der Waals surface area contributed by atoms with Crippen molar-refractivity contribution in [2.24, 2.45) is 12.0 Å². The Balaban J connectivity index is 1.78. The third-order valence-corrected chi connectivity index (χ3v) is 4.55. The highest BCUT2D eigenvalue weighted by Crippen LogP contribution is 2.30. The molecule has 29 heavy (non-hydrogen) atoms. The molecule has 1 heterocycles. The first-order chi connectivity index (χ1) is 13.8. The van der Waals surface area contributed by atoms with Crippen LogP contribution < -0.4 is 10.6 Å². The molecule has 1 aromatic heterocycles.